The molecule has 18 heavy (non-hydrogen) atoms. The van der Waals surface area contributed by atoms with Gasteiger partial charge in [0.1, 0.15) is 5.82 Å². The molecule has 1 atom stereocenters. The van der Waals surface area contributed by atoms with Crippen molar-refractivity contribution >= 4 is 22.6 Å². The molecule has 0 aliphatic rings. The maximum Gasteiger partial charge on any atom is 0.123 e. The van der Waals surface area contributed by atoms with E-state index in [1.807, 2.05) is 18.2 Å². The van der Waals surface area contributed by atoms with Crippen molar-refractivity contribution in [3.05, 3.63) is 69.0 Å². The highest BCUT2D eigenvalue weighted by molar-refractivity contribution is 14.1. The van der Waals surface area contributed by atoms with E-state index >= 15 is 0 Å². The van der Waals surface area contributed by atoms with Crippen molar-refractivity contribution in [2.24, 2.45) is 0 Å². The molecule has 3 heteroatoms. The fourth-order valence-corrected chi connectivity index (χ4v) is 2.71. The minimum absolute atomic E-state index is 0.0406. The van der Waals surface area contributed by atoms with Crippen LogP contribution in [-0.2, 0) is 0 Å². The molecule has 0 aromatic heterocycles. The second-order valence-corrected chi connectivity index (χ2v) is 5.23. The molecule has 0 bridgehead atoms. The normalized spacial score (nSPS) is 12.4. The Morgan fingerprint density at radius 2 is 1.94 bits per heavy atom. The molecule has 1 unspecified atom stereocenters. The smallest absolute Gasteiger partial charge is 0.123 e. The molecule has 2 aromatic rings. The quantitative estimate of drug-likeness (QED) is 0.814. The summed E-state index contributed by atoms with van der Waals surface area (Å²) in [4.78, 5) is 0. The van der Waals surface area contributed by atoms with Crippen molar-refractivity contribution in [3.8, 4) is 0 Å². The van der Waals surface area contributed by atoms with Gasteiger partial charge in [0.05, 0.1) is 6.04 Å². The third kappa shape index (κ3) is 3.09. The van der Waals surface area contributed by atoms with Crippen molar-refractivity contribution < 1.29 is 4.39 Å². The number of benzene rings is 2. The van der Waals surface area contributed by atoms with Crippen LogP contribution in [0.5, 0.6) is 0 Å². The Bertz CT molecular complexity index is 527. The summed E-state index contributed by atoms with van der Waals surface area (Å²) in [6.45, 7) is 2.90. The van der Waals surface area contributed by atoms with E-state index in [0.717, 1.165) is 12.1 Å². The molecular weight excluding hydrogens is 340 g/mol. The maximum absolute atomic E-state index is 13.4. The molecule has 0 aliphatic carbocycles. The zero-order valence-corrected chi connectivity index (χ0v) is 12.3. The largest absolute Gasteiger partial charge is 0.306 e. The average molecular weight is 355 g/mol. The zero-order chi connectivity index (χ0) is 13.0. The zero-order valence-electron chi connectivity index (χ0n) is 10.2. The van der Waals surface area contributed by atoms with Gasteiger partial charge in [0.15, 0.2) is 0 Å². The van der Waals surface area contributed by atoms with Crippen LogP contribution in [0, 0.1) is 9.39 Å². The van der Waals surface area contributed by atoms with Gasteiger partial charge in [0, 0.05) is 3.57 Å². The van der Waals surface area contributed by atoms with Gasteiger partial charge >= 0.3 is 0 Å². The van der Waals surface area contributed by atoms with Crippen LogP contribution < -0.4 is 5.32 Å². The Kier molecular flexibility index (Phi) is 4.72. The van der Waals surface area contributed by atoms with Crippen molar-refractivity contribution in [2.75, 3.05) is 6.54 Å². The topological polar surface area (TPSA) is 12.0 Å². The fourth-order valence-electron chi connectivity index (χ4n) is 2.01. The van der Waals surface area contributed by atoms with E-state index in [-0.39, 0.29) is 11.9 Å². The van der Waals surface area contributed by atoms with Gasteiger partial charge in [-0.3, -0.25) is 0 Å². The molecule has 0 fully saturated rings. The van der Waals surface area contributed by atoms with Crippen molar-refractivity contribution in [1.82, 2.24) is 5.32 Å². The van der Waals surface area contributed by atoms with Gasteiger partial charge in [-0.2, -0.15) is 0 Å². The molecule has 2 aromatic carbocycles. The molecule has 0 saturated carbocycles. The molecule has 0 spiro atoms. The number of rotatable bonds is 4. The van der Waals surface area contributed by atoms with Crippen LogP contribution in [0.3, 0.4) is 0 Å². The summed E-state index contributed by atoms with van der Waals surface area (Å²) < 4.78 is 14.5. The lowest BCUT2D eigenvalue weighted by Crippen LogP contribution is -2.22. The lowest BCUT2D eigenvalue weighted by Gasteiger charge is -2.20. The molecule has 1 nitrogen and oxygen atoms in total. The Labute approximate surface area is 121 Å². The highest BCUT2D eigenvalue weighted by Gasteiger charge is 2.15. The maximum atomic E-state index is 13.4. The van der Waals surface area contributed by atoms with Gasteiger partial charge in [0.25, 0.3) is 0 Å². The summed E-state index contributed by atoms with van der Waals surface area (Å²) in [7, 11) is 0. The van der Waals surface area contributed by atoms with E-state index in [2.05, 4.69) is 47.0 Å². The SMILES string of the molecule is CCNC(c1cccc(F)c1)c1ccccc1I. The average Bonchev–Trinajstić information content (AvgIpc) is 2.37. The van der Waals surface area contributed by atoms with E-state index in [9.17, 15) is 4.39 Å². The van der Waals surface area contributed by atoms with Crippen LogP contribution in [0.25, 0.3) is 0 Å². The molecule has 1 N–H and O–H groups in total. The van der Waals surface area contributed by atoms with Crippen LogP contribution >= 0.6 is 22.6 Å². The highest BCUT2D eigenvalue weighted by atomic mass is 127. The predicted octanol–water partition coefficient (Wildman–Crippen LogP) is 4.13. The van der Waals surface area contributed by atoms with Gasteiger partial charge in [0.2, 0.25) is 0 Å². The summed E-state index contributed by atoms with van der Waals surface area (Å²) in [6, 6.07) is 15.0. The number of halogens is 2. The third-order valence-corrected chi connectivity index (χ3v) is 3.79. The second kappa shape index (κ2) is 6.29. The first-order valence-corrected chi connectivity index (χ1v) is 7.03. The van der Waals surface area contributed by atoms with Crippen LogP contribution in [0.1, 0.15) is 24.1 Å². The van der Waals surface area contributed by atoms with Crippen molar-refractivity contribution in [1.29, 1.82) is 0 Å². The summed E-state index contributed by atoms with van der Waals surface area (Å²) in [6.07, 6.45) is 0. The lowest BCUT2D eigenvalue weighted by molar-refractivity contribution is 0.602. The van der Waals surface area contributed by atoms with E-state index < -0.39 is 0 Å². The van der Waals surface area contributed by atoms with E-state index in [1.165, 1.54) is 15.2 Å². The van der Waals surface area contributed by atoms with E-state index in [0.29, 0.717) is 0 Å². The molecule has 2 rings (SSSR count). The fraction of sp³-hybridized carbons (Fsp3) is 0.200. The first-order valence-electron chi connectivity index (χ1n) is 5.95. The minimum Gasteiger partial charge on any atom is -0.306 e. The molecule has 0 radical (unpaired) electrons. The molecule has 0 amide bonds. The van der Waals surface area contributed by atoms with Crippen molar-refractivity contribution in [3.63, 3.8) is 0 Å². The Hall–Kier alpha value is -0.940. The van der Waals surface area contributed by atoms with Gasteiger partial charge < -0.3 is 5.32 Å². The standard InChI is InChI=1S/C15H15FIN/c1-2-18-15(11-6-5-7-12(16)10-11)13-8-3-4-9-14(13)17/h3-10,15,18H,2H2,1H3. The van der Waals surface area contributed by atoms with Gasteiger partial charge in [-0.15, -0.1) is 0 Å². The highest BCUT2D eigenvalue weighted by Crippen LogP contribution is 2.26. The molecule has 94 valence electrons. The number of hydrogen-bond acceptors (Lipinski definition) is 1. The van der Waals surface area contributed by atoms with Gasteiger partial charge in [-0.05, 0) is 58.5 Å². The molecular formula is C15H15FIN. The third-order valence-electron chi connectivity index (χ3n) is 2.81. The Morgan fingerprint density at radius 3 is 2.61 bits per heavy atom. The molecule has 0 heterocycles. The minimum atomic E-state index is -0.193. The Balaban J connectivity index is 2.43. The molecule has 0 aliphatic heterocycles. The van der Waals surface area contributed by atoms with Crippen LogP contribution in [0.4, 0.5) is 4.39 Å². The summed E-state index contributed by atoms with van der Waals surface area (Å²) >= 11 is 2.32. The van der Waals surface area contributed by atoms with Gasteiger partial charge in [-0.1, -0.05) is 37.3 Å². The Morgan fingerprint density at radius 1 is 1.17 bits per heavy atom. The summed E-state index contributed by atoms with van der Waals surface area (Å²) in [5.41, 5.74) is 2.14. The van der Waals surface area contributed by atoms with E-state index in [4.69, 9.17) is 0 Å². The first kappa shape index (κ1) is 13.5. The second-order valence-electron chi connectivity index (χ2n) is 4.07. The van der Waals surface area contributed by atoms with Crippen LogP contribution in [0.2, 0.25) is 0 Å². The summed E-state index contributed by atoms with van der Waals surface area (Å²) in [5, 5.41) is 3.41. The number of hydrogen-bond donors (Lipinski definition) is 1. The van der Waals surface area contributed by atoms with Crippen LogP contribution in [-0.4, -0.2) is 6.54 Å². The molecule has 0 saturated heterocycles. The van der Waals surface area contributed by atoms with Crippen LogP contribution in [0.15, 0.2) is 48.5 Å². The van der Waals surface area contributed by atoms with Gasteiger partial charge in [-0.25, -0.2) is 4.39 Å². The summed E-state index contributed by atoms with van der Waals surface area (Å²) in [5.74, 6) is -0.193. The first-order chi connectivity index (χ1) is 8.72. The number of nitrogens with one attached hydrogen (secondary N) is 1. The van der Waals surface area contributed by atoms with Crippen molar-refractivity contribution in [2.45, 2.75) is 13.0 Å². The predicted molar refractivity (Wildman–Crippen MR) is 81.1 cm³/mol. The lowest BCUT2D eigenvalue weighted by atomic mass is 9.98. The van der Waals surface area contributed by atoms with E-state index in [1.54, 1.807) is 12.1 Å². The monoisotopic (exact) mass is 355 g/mol.